The van der Waals surface area contributed by atoms with Crippen molar-refractivity contribution in [3.8, 4) is 0 Å². The molecular weight excluding hydrogens is 537 g/mol. The normalized spacial score (nSPS) is 17.1. The number of hydrogen-bond acceptors (Lipinski definition) is 3. The Bertz CT molecular complexity index is 1110. The molecule has 2 aromatic rings. The van der Waals surface area contributed by atoms with Gasteiger partial charge >= 0.3 is 0 Å². The molecule has 2 aliphatic carbocycles. The van der Waals surface area contributed by atoms with E-state index in [-0.39, 0.29) is 5.41 Å². The molecule has 0 heterocycles. The summed E-state index contributed by atoms with van der Waals surface area (Å²) in [6.45, 7) is 16.6. The summed E-state index contributed by atoms with van der Waals surface area (Å²) in [6, 6.07) is 27.8. The number of Topliss-reactive ketones (excluding diaryl/α,β-unsaturated/α-hetero) is 1. The fourth-order valence-electron chi connectivity index (χ4n) is 7.75. The van der Waals surface area contributed by atoms with E-state index < -0.39 is 16.1 Å². The highest BCUT2D eigenvalue weighted by molar-refractivity contribution is 6.97. The van der Waals surface area contributed by atoms with Gasteiger partial charge in [-0.3, -0.25) is 4.79 Å². The molecule has 0 atom stereocenters. The second kappa shape index (κ2) is 13.9. The number of ketones is 1. The first-order valence-corrected chi connectivity index (χ1v) is 21.4. The Kier molecular flexibility index (Phi) is 10.8. The van der Waals surface area contributed by atoms with Gasteiger partial charge in [-0.05, 0) is 45.5 Å². The first kappa shape index (κ1) is 31.9. The average molecular weight is 589 g/mol. The van der Waals surface area contributed by atoms with Gasteiger partial charge in [0.15, 0.2) is 5.78 Å². The molecule has 0 radical (unpaired) electrons. The van der Waals surface area contributed by atoms with Gasteiger partial charge < -0.3 is 9.47 Å². The van der Waals surface area contributed by atoms with Crippen molar-refractivity contribution in [2.75, 3.05) is 13.2 Å². The summed E-state index contributed by atoms with van der Waals surface area (Å²) >= 11 is 0. The largest absolute Gasteiger partial charge is 0.376 e. The Morgan fingerprint density at radius 1 is 0.585 bits per heavy atom. The highest BCUT2D eigenvalue weighted by Gasteiger charge is 2.54. The predicted molar refractivity (Wildman–Crippen MR) is 177 cm³/mol. The minimum Gasteiger partial charge on any atom is -0.376 e. The predicted octanol–water partition coefficient (Wildman–Crippen LogP) is 9.47. The van der Waals surface area contributed by atoms with Crippen LogP contribution in [0.25, 0.3) is 0 Å². The summed E-state index contributed by atoms with van der Waals surface area (Å²) in [5.41, 5.74) is 5.12. The summed E-state index contributed by atoms with van der Waals surface area (Å²) < 4.78 is 13.0. The van der Waals surface area contributed by atoms with Crippen LogP contribution in [0.2, 0.25) is 36.3 Å². The lowest BCUT2D eigenvalue weighted by Crippen LogP contribution is -2.44. The van der Waals surface area contributed by atoms with E-state index in [1.54, 1.807) is 0 Å². The molecule has 2 aromatic carbocycles. The highest BCUT2D eigenvalue weighted by Crippen LogP contribution is 2.56. The molecule has 2 aliphatic rings. The molecule has 1 saturated carbocycles. The van der Waals surface area contributed by atoms with E-state index in [2.05, 4.69) is 102 Å². The smallest absolute Gasteiger partial charge is 0.177 e. The average Bonchev–Trinajstić information content (AvgIpc) is 3.49. The van der Waals surface area contributed by atoms with Crippen LogP contribution in [0.5, 0.6) is 0 Å². The van der Waals surface area contributed by atoms with Gasteiger partial charge in [0.2, 0.25) is 0 Å². The lowest BCUT2D eigenvalue weighted by Gasteiger charge is -2.35. The van der Waals surface area contributed by atoms with Crippen LogP contribution in [0.3, 0.4) is 0 Å². The minimum absolute atomic E-state index is 0.143. The van der Waals surface area contributed by atoms with Gasteiger partial charge in [0, 0.05) is 5.41 Å². The molecule has 3 nitrogen and oxygen atoms in total. The van der Waals surface area contributed by atoms with Crippen molar-refractivity contribution in [3.05, 3.63) is 93.3 Å². The van der Waals surface area contributed by atoms with Crippen molar-refractivity contribution >= 4 is 21.9 Å². The number of fused-ring (bicyclic) bond motifs is 1. The second-order valence-corrected chi connectivity index (χ2v) is 22.9. The number of hydrogen-bond donors (Lipinski definition) is 0. The zero-order valence-electron chi connectivity index (χ0n) is 26.5. The third-order valence-corrected chi connectivity index (χ3v) is 22.0. The Morgan fingerprint density at radius 3 is 1.24 bits per heavy atom. The van der Waals surface area contributed by atoms with Crippen LogP contribution in [0.4, 0.5) is 0 Å². The van der Waals surface area contributed by atoms with Gasteiger partial charge in [-0.15, -0.1) is 0 Å². The van der Waals surface area contributed by atoms with Crippen LogP contribution in [0.15, 0.2) is 82.2 Å². The van der Waals surface area contributed by atoms with Gasteiger partial charge in [0.25, 0.3) is 0 Å². The van der Waals surface area contributed by atoms with Crippen molar-refractivity contribution in [1.82, 2.24) is 0 Å². The monoisotopic (exact) mass is 588 g/mol. The maximum atomic E-state index is 14.7. The number of benzene rings is 2. The first-order chi connectivity index (χ1) is 19.9. The number of ether oxygens (including phenoxy) is 2. The van der Waals surface area contributed by atoms with E-state index >= 15 is 0 Å². The van der Waals surface area contributed by atoms with Gasteiger partial charge in [0.1, 0.15) is 0 Å². The van der Waals surface area contributed by atoms with Crippen molar-refractivity contribution < 1.29 is 14.3 Å². The lowest BCUT2D eigenvalue weighted by molar-refractivity contribution is -0.111. The van der Waals surface area contributed by atoms with Crippen LogP contribution in [-0.2, 0) is 27.5 Å². The Morgan fingerprint density at radius 2 is 0.927 bits per heavy atom. The maximum Gasteiger partial charge on any atom is 0.177 e. The van der Waals surface area contributed by atoms with E-state index in [0.717, 1.165) is 49.1 Å². The van der Waals surface area contributed by atoms with Gasteiger partial charge in [-0.2, -0.15) is 0 Å². The van der Waals surface area contributed by atoms with Gasteiger partial charge in [0.05, 0.1) is 42.6 Å². The number of carbonyl (C=O) groups excluding carboxylic acids is 1. The number of rotatable bonds is 16. The van der Waals surface area contributed by atoms with E-state index in [0.29, 0.717) is 32.2 Å². The van der Waals surface area contributed by atoms with Crippen molar-refractivity contribution in [3.63, 3.8) is 0 Å². The zero-order valence-corrected chi connectivity index (χ0v) is 28.5. The van der Waals surface area contributed by atoms with E-state index in [4.69, 9.17) is 9.47 Å². The first-order valence-electron chi connectivity index (χ1n) is 16.1. The summed E-state index contributed by atoms with van der Waals surface area (Å²) in [7, 11) is -3.79. The molecule has 1 fully saturated rings. The van der Waals surface area contributed by atoms with Crippen molar-refractivity contribution in [2.45, 2.75) is 104 Å². The maximum absolute atomic E-state index is 14.7. The van der Waals surface area contributed by atoms with Crippen LogP contribution < -0.4 is 0 Å². The van der Waals surface area contributed by atoms with Crippen LogP contribution in [0, 0.1) is 5.41 Å². The molecule has 41 heavy (non-hydrogen) atoms. The third-order valence-electron chi connectivity index (χ3n) is 10.7. The summed E-state index contributed by atoms with van der Waals surface area (Å²) in [4.78, 5) is 14.7. The Hall–Kier alpha value is -2.06. The van der Waals surface area contributed by atoms with Gasteiger partial charge in [-0.1, -0.05) is 138 Å². The Labute approximate surface area is 251 Å². The van der Waals surface area contributed by atoms with Crippen molar-refractivity contribution in [2.24, 2.45) is 5.41 Å². The van der Waals surface area contributed by atoms with E-state index in [1.807, 2.05) is 0 Å². The number of allylic oxidation sites excluding steroid dienone is 4. The Balaban J connectivity index is 1.75. The van der Waals surface area contributed by atoms with Crippen molar-refractivity contribution in [1.29, 1.82) is 0 Å². The molecule has 4 rings (SSSR count). The second-order valence-electron chi connectivity index (χ2n) is 12.5. The SMILES string of the molecule is CC[Si](CC)(CC)C1=C2CC(COCc3ccccc3)(COCc3ccccc3)CC2=C([Si](CC)(CC)CC)C1=O. The third kappa shape index (κ3) is 6.34. The molecule has 0 bridgehead atoms. The summed E-state index contributed by atoms with van der Waals surface area (Å²) in [6.07, 6.45) is 1.82. The standard InChI is InChI=1S/C36H52O3Si2/c1-7-40(8-2,9-3)34-31-23-36(27-38-25-29-19-15-13-16-20-29,28-39-26-30-21-17-14-18-22-30)24-32(31)35(33(34)37)41(10-4,11-5)12-6/h13-22H,7-12,23-28H2,1-6H3. The molecule has 0 unspecified atom stereocenters. The molecule has 5 heteroatoms. The highest BCUT2D eigenvalue weighted by atomic mass is 28.3. The van der Waals surface area contributed by atoms with E-state index in [9.17, 15) is 4.79 Å². The lowest BCUT2D eigenvalue weighted by atomic mass is 9.87. The molecule has 0 amide bonds. The zero-order chi connectivity index (χ0) is 29.5. The van der Waals surface area contributed by atoms with Crippen LogP contribution in [0.1, 0.15) is 65.5 Å². The molecular formula is C36H52O3Si2. The molecule has 0 aliphatic heterocycles. The van der Waals surface area contributed by atoms with E-state index in [1.165, 1.54) is 32.7 Å². The summed E-state index contributed by atoms with van der Waals surface area (Å²) in [5, 5.41) is 2.60. The fourth-order valence-corrected chi connectivity index (χ4v) is 16.0. The molecule has 0 spiro atoms. The quantitative estimate of drug-likeness (QED) is 0.183. The number of carbonyl (C=O) groups is 1. The molecule has 0 N–H and O–H groups in total. The van der Waals surface area contributed by atoms with Gasteiger partial charge in [-0.25, -0.2) is 0 Å². The topological polar surface area (TPSA) is 35.5 Å². The minimum atomic E-state index is -1.89. The van der Waals surface area contributed by atoms with Crippen LogP contribution in [-0.4, -0.2) is 35.1 Å². The molecule has 222 valence electrons. The molecule has 0 aromatic heterocycles. The fraction of sp³-hybridized carbons (Fsp3) is 0.528. The van der Waals surface area contributed by atoms with Crippen LogP contribution >= 0.6 is 0 Å². The summed E-state index contributed by atoms with van der Waals surface area (Å²) in [5.74, 6) is 0.480. The molecule has 0 saturated heterocycles.